The second-order valence-electron chi connectivity index (χ2n) is 6.82. The summed E-state index contributed by atoms with van der Waals surface area (Å²) >= 11 is 1.53. The molecule has 0 aliphatic heterocycles. The number of hydrogen-bond donors (Lipinski definition) is 0. The first-order valence-electron chi connectivity index (χ1n) is 8.96. The Hall–Kier alpha value is -2.66. The molecule has 0 fully saturated rings. The normalized spacial score (nSPS) is 12.0. The standard InChI is InChI=1S/C22H24N2O2S/c1-6-11-24-20-16(5)12-15(4)13-19(20)27-22(24)23-21(25)17-7-9-18(10-8-17)26-14(2)3/h6-10,12-14H,1,11H2,2-5H3. The third kappa shape index (κ3) is 4.19. The molecule has 0 saturated heterocycles. The van der Waals surface area contributed by atoms with Gasteiger partial charge in [0.25, 0.3) is 5.91 Å². The molecule has 3 aromatic rings. The number of ether oxygens (including phenoxy) is 1. The van der Waals surface area contributed by atoms with Crippen LogP contribution in [0.3, 0.4) is 0 Å². The zero-order valence-electron chi connectivity index (χ0n) is 16.2. The summed E-state index contributed by atoms with van der Waals surface area (Å²) in [6.45, 7) is 12.6. The Balaban J connectivity index is 2.04. The van der Waals surface area contributed by atoms with Crippen molar-refractivity contribution in [2.75, 3.05) is 0 Å². The second-order valence-corrected chi connectivity index (χ2v) is 7.83. The Labute approximate surface area is 163 Å². The minimum atomic E-state index is -0.259. The number of thiazole rings is 1. The van der Waals surface area contributed by atoms with Gasteiger partial charge in [-0.25, -0.2) is 0 Å². The first-order chi connectivity index (χ1) is 12.9. The Bertz CT molecular complexity index is 1060. The van der Waals surface area contributed by atoms with Gasteiger partial charge in [-0.15, -0.1) is 6.58 Å². The van der Waals surface area contributed by atoms with E-state index in [1.807, 2.05) is 19.9 Å². The van der Waals surface area contributed by atoms with Gasteiger partial charge < -0.3 is 9.30 Å². The summed E-state index contributed by atoms with van der Waals surface area (Å²) in [6, 6.07) is 11.4. The molecule has 4 nitrogen and oxygen atoms in total. The van der Waals surface area contributed by atoms with Gasteiger partial charge in [-0.2, -0.15) is 4.99 Å². The maximum Gasteiger partial charge on any atom is 0.279 e. The fourth-order valence-corrected chi connectivity index (χ4v) is 4.29. The summed E-state index contributed by atoms with van der Waals surface area (Å²) in [7, 11) is 0. The van der Waals surface area contributed by atoms with E-state index in [2.05, 4.69) is 42.1 Å². The number of rotatable bonds is 5. The van der Waals surface area contributed by atoms with Gasteiger partial charge in [0, 0.05) is 12.1 Å². The predicted octanol–water partition coefficient (Wildman–Crippen LogP) is 5.03. The van der Waals surface area contributed by atoms with Gasteiger partial charge in [-0.05, 0) is 69.2 Å². The van der Waals surface area contributed by atoms with Crippen LogP contribution in [-0.2, 0) is 6.54 Å². The van der Waals surface area contributed by atoms with Crippen LogP contribution < -0.4 is 9.54 Å². The third-order valence-corrected chi connectivity index (χ3v) is 5.12. The van der Waals surface area contributed by atoms with Crippen molar-refractivity contribution in [2.45, 2.75) is 40.3 Å². The highest BCUT2D eigenvalue weighted by Gasteiger charge is 2.11. The molecule has 0 aliphatic rings. The van der Waals surface area contributed by atoms with Gasteiger partial charge in [0.1, 0.15) is 5.75 Å². The zero-order chi connectivity index (χ0) is 19.6. The quantitative estimate of drug-likeness (QED) is 0.583. The van der Waals surface area contributed by atoms with E-state index in [1.165, 1.54) is 22.5 Å². The number of carbonyl (C=O) groups excluding carboxylic acids is 1. The van der Waals surface area contributed by atoms with Gasteiger partial charge in [-0.1, -0.05) is 23.5 Å². The van der Waals surface area contributed by atoms with E-state index in [9.17, 15) is 4.79 Å². The summed E-state index contributed by atoms with van der Waals surface area (Å²) < 4.78 is 8.81. The van der Waals surface area contributed by atoms with Gasteiger partial charge in [-0.3, -0.25) is 4.79 Å². The van der Waals surface area contributed by atoms with E-state index in [1.54, 1.807) is 24.3 Å². The van der Waals surface area contributed by atoms with E-state index in [0.717, 1.165) is 16.0 Å². The van der Waals surface area contributed by atoms with E-state index in [-0.39, 0.29) is 12.0 Å². The summed E-state index contributed by atoms with van der Waals surface area (Å²) in [5.74, 6) is 0.487. The second kappa shape index (κ2) is 7.92. The summed E-state index contributed by atoms with van der Waals surface area (Å²) in [5, 5.41) is 0. The van der Waals surface area contributed by atoms with Crippen LogP contribution in [0.5, 0.6) is 5.75 Å². The largest absolute Gasteiger partial charge is 0.491 e. The van der Waals surface area contributed by atoms with Crippen molar-refractivity contribution in [3.05, 3.63) is 70.5 Å². The van der Waals surface area contributed by atoms with E-state index in [0.29, 0.717) is 16.9 Å². The average Bonchev–Trinajstić information content (AvgIpc) is 2.92. The molecule has 0 aliphatic carbocycles. The van der Waals surface area contributed by atoms with Crippen LogP contribution in [0, 0.1) is 13.8 Å². The molecule has 2 aromatic carbocycles. The van der Waals surface area contributed by atoms with Gasteiger partial charge >= 0.3 is 0 Å². The molecule has 27 heavy (non-hydrogen) atoms. The topological polar surface area (TPSA) is 43.6 Å². The van der Waals surface area contributed by atoms with Crippen LogP contribution in [0.15, 0.2) is 54.0 Å². The molecule has 0 bridgehead atoms. The molecule has 5 heteroatoms. The lowest BCUT2D eigenvalue weighted by Gasteiger charge is -2.09. The Morgan fingerprint density at radius 2 is 1.96 bits per heavy atom. The van der Waals surface area contributed by atoms with Crippen molar-refractivity contribution in [1.82, 2.24) is 4.57 Å². The lowest BCUT2D eigenvalue weighted by Crippen LogP contribution is -2.16. The first-order valence-corrected chi connectivity index (χ1v) is 9.78. The number of fused-ring (bicyclic) bond motifs is 1. The minimum absolute atomic E-state index is 0.0966. The Morgan fingerprint density at radius 1 is 1.26 bits per heavy atom. The molecule has 1 amide bonds. The molecular formula is C22H24N2O2S. The zero-order valence-corrected chi connectivity index (χ0v) is 17.0. The predicted molar refractivity (Wildman–Crippen MR) is 112 cm³/mol. The van der Waals surface area contributed by atoms with E-state index < -0.39 is 0 Å². The van der Waals surface area contributed by atoms with Gasteiger partial charge in [0.05, 0.1) is 16.3 Å². The number of amides is 1. The fourth-order valence-electron chi connectivity index (χ4n) is 3.08. The number of carbonyl (C=O) groups is 1. The van der Waals surface area contributed by atoms with E-state index in [4.69, 9.17) is 4.74 Å². The van der Waals surface area contributed by atoms with Gasteiger partial charge in [0.15, 0.2) is 4.80 Å². The van der Waals surface area contributed by atoms with Crippen molar-refractivity contribution in [2.24, 2.45) is 4.99 Å². The highest BCUT2D eigenvalue weighted by atomic mass is 32.1. The van der Waals surface area contributed by atoms with E-state index >= 15 is 0 Å². The molecule has 0 radical (unpaired) electrons. The van der Waals surface area contributed by atoms with Crippen molar-refractivity contribution in [1.29, 1.82) is 0 Å². The molecule has 0 saturated carbocycles. The Morgan fingerprint density at radius 3 is 2.59 bits per heavy atom. The minimum Gasteiger partial charge on any atom is -0.491 e. The maximum atomic E-state index is 12.7. The fraction of sp³-hybridized carbons (Fsp3) is 0.273. The monoisotopic (exact) mass is 380 g/mol. The number of nitrogens with zero attached hydrogens (tertiary/aromatic N) is 2. The molecule has 1 heterocycles. The number of aromatic nitrogens is 1. The molecule has 1 aromatic heterocycles. The average molecular weight is 381 g/mol. The maximum absolute atomic E-state index is 12.7. The number of allylic oxidation sites excluding steroid dienone is 1. The first kappa shape index (κ1) is 19.1. The highest BCUT2D eigenvalue weighted by Crippen LogP contribution is 2.23. The smallest absolute Gasteiger partial charge is 0.279 e. The molecular weight excluding hydrogens is 356 g/mol. The molecule has 0 atom stereocenters. The highest BCUT2D eigenvalue weighted by molar-refractivity contribution is 7.16. The number of benzene rings is 2. The Kier molecular flexibility index (Phi) is 5.61. The van der Waals surface area contributed by atoms with Crippen LogP contribution in [-0.4, -0.2) is 16.6 Å². The lowest BCUT2D eigenvalue weighted by molar-refractivity contribution is 0.0998. The molecule has 140 valence electrons. The number of aryl methyl sites for hydroxylation is 2. The molecule has 0 N–H and O–H groups in total. The van der Waals surface area contributed by atoms with Crippen LogP contribution in [0.2, 0.25) is 0 Å². The number of hydrogen-bond acceptors (Lipinski definition) is 3. The molecule has 0 spiro atoms. The van der Waals surface area contributed by atoms with Crippen molar-refractivity contribution in [3.8, 4) is 5.75 Å². The third-order valence-electron chi connectivity index (χ3n) is 4.09. The SMILES string of the molecule is C=CCn1c(=NC(=O)c2ccc(OC(C)C)cc2)sc2cc(C)cc(C)c21. The van der Waals surface area contributed by atoms with Crippen molar-refractivity contribution in [3.63, 3.8) is 0 Å². The van der Waals surface area contributed by atoms with Crippen molar-refractivity contribution >= 4 is 27.5 Å². The van der Waals surface area contributed by atoms with Crippen molar-refractivity contribution < 1.29 is 9.53 Å². The summed E-state index contributed by atoms with van der Waals surface area (Å²) in [4.78, 5) is 17.8. The van der Waals surface area contributed by atoms with Crippen LogP contribution >= 0.6 is 11.3 Å². The van der Waals surface area contributed by atoms with Crippen LogP contribution in [0.25, 0.3) is 10.2 Å². The van der Waals surface area contributed by atoms with Gasteiger partial charge in [0.2, 0.25) is 0 Å². The molecule has 0 unspecified atom stereocenters. The van der Waals surface area contributed by atoms with Crippen LogP contribution in [0.1, 0.15) is 35.3 Å². The lowest BCUT2D eigenvalue weighted by atomic mass is 10.1. The summed E-state index contributed by atoms with van der Waals surface area (Å²) in [5.41, 5.74) is 4.03. The van der Waals surface area contributed by atoms with Crippen LogP contribution in [0.4, 0.5) is 0 Å². The summed E-state index contributed by atoms with van der Waals surface area (Å²) in [6.07, 6.45) is 1.92. The molecule has 3 rings (SSSR count).